The van der Waals surface area contributed by atoms with Crippen molar-refractivity contribution in [1.82, 2.24) is 0 Å². The van der Waals surface area contributed by atoms with Crippen LogP contribution in [0, 0.1) is 11.8 Å². The topological polar surface area (TPSA) is 30.5 Å². The van der Waals surface area contributed by atoms with Gasteiger partial charge in [-0.15, -0.1) is 0 Å². The zero-order chi connectivity index (χ0) is 15.4. The molecule has 1 fully saturated rings. The maximum absolute atomic E-state index is 12.4. The fraction of sp³-hybridized carbons (Fsp3) is 0.625. The Morgan fingerprint density at radius 1 is 1.14 bits per heavy atom. The van der Waals surface area contributed by atoms with Crippen molar-refractivity contribution in [3.05, 3.63) is 18.2 Å². The van der Waals surface area contributed by atoms with Gasteiger partial charge < -0.3 is 14.8 Å². The molecule has 0 spiro atoms. The molecule has 0 aromatic heterocycles. The lowest BCUT2D eigenvalue weighted by molar-refractivity contribution is -0.0511. The standard InChI is InChI=1S/C16H23F2NO2/c1-10-4-5-12(8-11(10)2)19-13-6-7-14(20-3)15(9-13)21-16(17)18/h6-7,9-12,16,19H,4-5,8H2,1-3H3. The van der Waals surface area contributed by atoms with Crippen LogP contribution in [0.2, 0.25) is 0 Å². The summed E-state index contributed by atoms with van der Waals surface area (Å²) in [5.41, 5.74) is 0.790. The minimum Gasteiger partial charge on any atom is -0.493 e. The van der Waals surface area contributed by atoms with Gasteiger partial charge in [-0.25, -0.2) is 0 Å². The lowest BCUT2D eigenvalue weighted by Crippen LogP contribution is -2.30. The highest BCUT2D eigenvalue weighted by Crippen LogP contribution is 2.34. The number of hydrogen-bond acceptors (Lipinski definition) is 3. The van der Waals surface area contributed by atoms with E-state index < -0.39 is 6.61 Å². The highest BCUT2D eigenvalue weighted by atomic mass is 19.3. The van der Waals surface area contributed by atoms with E-state index in [0.29, 0.717) is 17.7 Å². The van der Waals surface area contributed by atoms with Gasteiger partial charge in [-0.1, -0.05) is 13.8 Å². The first-order valence-corrected chi connectivity index (χ1v) is 7.39. The predicted molar refractivity (Wildman–Crippen MR) is 79.2 cm³/mol. The Morgan fingerprint density at radius 3 is 2.52 bits per heavy atom. The Bertz CT molecular complexity index is 468. The van der Waals surface area contributed by atoms with Crippen LogP contribution < -0.4 is 14.8 Å². The SMILES string of the molecule is COc1ccc(NC2CCC(C)C(C)C2)cc1OC(F)F. The quantitative estimate of drug-likeness (QED) is 0.866. The minimum atomic E-state index is -2.86. The number of hydrogen-bond donors (Lipinski definition) is 1. The summed E-state index contributed by atoms with van der Waals surface area (Å²) in [5, 5.41) is 3.42. The summed E-state index contributed by atoms with van der Waals surface area (Å²) in [7, 11) is 1.44. The summed E-state index contributed by atoms with van der Waals surface area (Å²) in [5.74, 6) is 1.80. The van der Waals surface area contributed by atoms with Gasteiger partial charge in [-0.2, -0.15) is 8.78 Å². The van der Waals surface area contributed by atoms with Crippen LogP contribution in [0.1, 0.15) is 33.1 Å². The van der Waals surface area contributed by atoms with Crippen molar-refractivity contribution >= 4 is 5.69 Å². The number of benzene rings is 1. The molecule has 5 heteroatoms. The van der Waals surface area contributed by atoms with Crippen LogP contribution in [0.4, 0.5) is 14.5 Å². The average Bonchev–Trinajstić information content (AvgIpc) is 2.43. The number of anilines is 1. The molecule has 3 nitrogen and oxygen atoms in total. The molecule has 0 heterocycles. The Kier molecular flexibility index (Phi) is 5.26. The van der Waals surface area contributed by atoms with Crippen molar-refractivity contribution in [2.24, 2.45) is 11.8 Å². The Morgan fingerprint density at radius 2 is 1.90 bits per heavy atom. The Labute approximate surface area is 124 Å². The third kappa shape index (κ3) is 4.22. The third-order valence-electron chi connectivity index (χ3n) is 4.35. The van der Waals surface area contributed by atoms with E-state index >= 15 is 0 Å². The molecule has 1 aliphatic rings. The summed E-state index contributed by atoms with van der Waals surface area (Å²) < 4.78 is 34.4. The first-order chi connectivity index (χ1) is 9.99. The van der Waals surface area contributed by atoms with E-state index in [4.69, 9.17) is 4.74 Å². The van der Waals surface area contributed by atoms with Crippen LogP contribution in [0.5, 0.6) is 11.5 Å². The van der Waals surface area contributed by atoms with E-state index in [-0.39, 0.29) is 5.75 Å². The molecule has 0 bridgehead atoms. The molecular formula is C16H23F2NO2. The van der Waals surface area contributed by atoms with Crippen molar-refractivity contribution in [3.8, 4) is 11.5 Å². The second kappa shape index (κ2) is 6.96. The smallest absolute Gasteiger partial charge is 0.387 e. The molecular weight excluding hydrogens is 276 g/mol. The summed E-state index contributed by atoms with van der Waals surface area (Å²) in [4.78, 5) is 0. The molecule has 1 N–H and O–H groups in total. The summed E-state index contributed by atoms with van der Waals surface area (Å²) in [6.45, 7) is 1.69. The van der Waals surface area contributed by atoms with E-state index in [1.807, 2.05) is 6.07 Å². The van der Waals surface area contributed by atoms with Gasteiger partial charge in [0.05, 0.1) is 7.11 Å². The van der Waals surface area contributed by atoms with E-state index in [9.17, 15) is 8.78 Å². The molecule has 3 atom stereocenters. The van der Waals surface area contributed by atoms with E-state index in [1.165, 1.54) is 13.5 Å². The Balaban J connectivity index is 2.06. The Hall–Kier alpha value is -1.52. The van der Waals surface area contributed by atoms with Crippen LogP contribution in [-0.4, -0.2) is 19.8 Å². The molecule has 118 valence electrons. The molecule has 1 aromatic carbocycles. The van der Waals surface area contributed by atoms with Crippen molar-refractivity contribution in [3.63, 3.8) is 0 Å². The lowest BCUT2D eigenvalue weighted by Gasteiger charge is -2.33. The van der Waals surface area contributed by atoms with E-state index in [2.05, 4.69) is 23.9 Å². The van der Waals surface area contributed by atoms with Crippen LogP contribution in [-0.2, 0) is 0 Å². The molecule has 3 unspecified atom stereocenters. The minimum absolute atomic E-state index is 0.0646. The highest BCUT2D eigenvalue weighted by molar-refractivity contribution is 5.55. The molecule has 1 saturated carbocycles. The molecule has 0 radical (unpaired) electrons. The number of rotatable bonds is 5. The summed E-state index contributed by atoms with van der Waals surface area (Å²) >= 11 is 0. The molecule has 2 rings (SSSR count). The van der Waals surface area contributed by atoms with Crippen LogP contribution >= 0.6 is 0 Å². The fourth-order valence-corrected chi connectivity index (χ4v) is 2.87. The van der Waals surface area contributed by atoms with Gasteiger partial charge in [0.1, 0.15) is 0 Å². The van der Waals surface area contributed by atoms with Crippen molar-refractivity contribution in [2.45, 2.75) is 45.8 Å². The highest BCUT2D eigenvalue weighted by Gasteiger charge is 2.24. The van der Waals surface area contributed by atoms with Gasteiger partial charge in [0, 0.05) is 17.8 Å². The van der Waals surface area contributed by atoms with Gasteiger partial charge in [0.15, 0.2) is 11.5 Å². The second-order valence-corrected chi connectivity index (χ2v) is 5.85. The summed E-state index contributed by atoms with van der Waals surface area (Å²) in [6.07, 6.45) is 3.39. The third-order valence-corrected chi connectivity index (χ3v) is 4.35. The van der Waals surface area contributed by atoms with Crippen LogP contribution in [0.25, 0.3) is 0 Å². The van der Waals surface area contributed by atoms with Gasteiger partial charge >= 0.3 is 6.61 Å². The summed E-state index contributed by atoms with van der Waals surface area (Å²) in [6, 6.07) is 5.44. The van der Waals surface area contributed by atoms with Gasteiger partial charge in [0.25, 0.3) is 0 Å². The average molecular weight is 299 g/mol. The number of nitrogens with one attached hydrogen (secondary N) is 1. The monoisotopic (exact) mass is 299 g/mol. The number of alkyl halides is 2. The first-order valence-electron chi connectivity index (χ1n) is 7.39. The van der Waals surface area contributed by atoms with Gasteiger partial charge in [-0.05, 0) is 43.2 Å². The van der Waals surface area contributed by atoms with Crippen LogP contribution in [0.3, 0.4) is 0 Å². The molecule has 21 heavy (non-hydrogen) atoms. The second-order valence-electron chi connectivity index (χ2n) is 5.85. The van der Waals surface area contributed by atoms with E-state index in [0.717, 1.165) is 24.4 Å². The molecule has 0 amide bonds. The molecule has 0 saturated heterocycles. The molecule has 0 aliphatic heterocycles. The number of ether oxygens (including phenoxy) is 2. The molecule has 1 aromatic rings. The number of methoxy groups -OCH3 is 1. The normalized spacial score (nSPS) is 25.7. The van der Waals surface area contributed by atoms with E-state index in [1.54, 1.807) is 12.1 Å². The zero-order valence-electron chi connectivity index (χ0n) is 12.7. The van der Waals surface area contributed by atoms with Crippen molar-refractivity contribution in [2.75, 3.05) is 12.4 Å². The van der Waals surface area contributed by atoms with Gasteiger partial charge in [0.2, 0.25) is 0 Å². The van der Waals surface area contributed by atoms with Crippen LogP contribution in [0.15, 0.2) is 18.2 Å². The van der Waals surface area contributed by atoms with Gasteiger partial charge in [-0.3, -0.25) is 0 Å². The largest absolute Gasteiger partial charge is 0.493 e. The number of halogens is 2. The maximum atomic E-state index is 12.4. The lowest BCUT2D eigenvalue weighted by atomic mass is 9.79. The molecule has 1 aliphatic carbocycles. The van der Waals surface area contributed by atoms with Crippen molar-refractivity contribution < 1.29 is 18.3 Å². The van der Waals surface area contributed by atoms with Crippen molar-refractivity contribution in [1.29, 1.82) is 0 Å². The maximum Gasteiger partial charge on any atom is 0.387 e. The first kappa shape index (κ1) is 15.9. The fourth-order valence-electron chi connectivity index (χ4n) is 2.87. The zero-order valence-corrected chi connectivity index (χ0v) is 12.7. The predicted octanol–water partition coefficient (Wildman–Crippen LogP) is 4.53.